The molecule has 0 unspecified atom stereocenters. The van der Waals surface area contributed by atoms with Gasteiger partial charge in [-0.05, 0) is 67.7 Å². The SMILES string of the molecule is CCN(CC)CCN(C(=O)c1cccc(NS(=O)(=O)c2ccc(OC)cc2)c1)c1nc2ccccc2s1.Cl. The Morgan fingerprint density at radius 1 is 0.974 bits per heavy atom. The summed E-state index contributed by atoms with van der Waals surface area (Å²) in [6.07, 6.45) is 0. The molecule has 0 atom stereocenters. The van der Waals surface area contributed by atoms with Crippen LogP contribution in [0.25, 0.3) is 10.2 Å². The van der Waals surface area contributed by atoms with Gasteiger partial charge in [0.15, 0.2) is 5.13 Å². The summed E-state index contributed by atoms with van der Waals surface area (Å²) in [6.45, 7) is 7.08. The fraction of sp³-hybridized carbons (Fsp3) is 0.259. The van der Waals surface area contributed by atoms with E-state index in [2.05, 4.69) is 23.5 Å². The summed E-state index contributed by atoms with van der Waals surface area (Å²) >= 11 is 1.46. The van der Waals surface area contributed by atoms with Gasteiger partial charge in [0.25, 0.3) is 15.9 Å². The minimum atomic E-state index is -3.85. The third-order valence-corrected chi connectivity index (χ3v) is 8.48. The Kier molecular flexibility index (Phi) is 10.1. The first-order chi connectivity index (χ1) is 17.8. The number of aromatic nitrogens is 1. The highest BCUT2D eigenvalue weighted by Crippen LogP contribution is 2.30. The van der Waals surface area contributed by atoms with Crippen molar-refractivity contribution in [3.05, 3.63) is 78.4 Å². The number of nitrogens with zero attached hydrogens (tertiary/aromatic N) is 3. The first-order valence-electron chi connectivity index (χ1n) is 12.0. The van der Waals surface area contributed by atoms with Crippen molar-refractivity contribution in [2.45, 2.75) is 18.7 Å². The zero-order chi connectivity index (χ0) is 26.4. The van der Waals surface area contributed by atoms with E-state index in [1.54, 1.807) is 41.3 Å². The molecule has 0 radical (unpaired) electrons. The van der Waals surface area contributed by atoms with Crippen molar-refractivity contribution in [2.24, 2.45) is 0 Å². The van der Waals surface area contributed by atoms with Crippen molar-refractivity contribution in [3.63, 3.8) is 0 Å². The molecule has 4 rings (SSSR count). The smallest absolute Gasteiger partial charge is 0.261 e. The second-order valence-corrected chi connectivity index (χ2v) is 11.0. The number of anilines is 2. The van der Waals surface area contributed by atoms with Crippen molar-refractivity contribution in [1.82, 2.24) is 9.88 Å². The number of likely N-dealkylation sites (N-methyl/N-ethyl adjacent to an activating group) is 1. The molecule has 0 aliphatic heterocycles. The van der Waals surface area contributed by atoms with E-state index in [0.717, 1.165) is 23.3 Å². The van der Waals surface area contributed by atoms with Gasteiger partial charge in [-0.2, -0.15) is 0 Å². The number of sulfonamides is 1. The van der Waals surface area contributed by atoms with E-state index in [9.17, 15) is 13.2 Å². The molecule has 8 nitrogen and oxygen atoms in total. The third-order valence-electron chi connectivity index (χ3n) is 6.02. The molecule has 0 saturated heterocycles. The number of hydrogen-bond acceptors (Lipinski definition) is 7. The molecular formula is C27H31ClN4O4S2. The fourth-order valence-electron chi connectivity index (χ4n) is 3.88. The van der Waals surface area contributed by atoms with Crippen LogP contribution in [0.4, 0.5) is 10.8 Å². The second kappa shape index (κ2) is 13.1. The Morgan fingerprint density at radius 2 is 1.68 bits per heavy atom. The maximum atomic E-state index is 13.8. The van der Waals surface area contributed by atoms with Crippen LogP contribution in [0, 0.1) is 0 Å². The van der Waals surface area contributed by atoms with Crippen LogP contribution in [0.3, 0.4) is 0 Å². The number of benzene rings is 3. The summed E-state index contributed by atoms with van der Waals surface area (Å²) in [5, 5.41) is 0.613. The van der Waals surface area contributed by atoms with Gasteiger partial charge < -0.3 is 9.64 Å². The average molecular weight is 575 g/mol. The predicted octanol–water partition coefficient (Wildman–Crippen LogP) is 5.52. The summed E-state index contributed by atoms with van der Waals surface area (Å²) in [5.41, 5.74) is 1.51. The van der Waals surface area contributed by atoms with Gasteiger partial charge >= 0.3 is 0 Å². The quantitative estimate of drug-likeness (QED) is 0.254. The molecule has 0 aliphatic rings. The summed E-state index contributed by atoms with van der Waals surface area (Å²) in [5.74, 6) is 0.322. The number of fused-ring (bicyclic) bond motifs is 1. The minimum absolute atomic E-state index is 0. The number of amides is 1. The van der Waals surface area contributed by atoms with Crippen molar-refractivity contribution >= 4 is 60.7 Å². The normalized spacial score (nSPS) is 11.3. The van der Waals surface area contributed by atoms with E-state index >= 15 is 0 Å². The van der Waals surface area contributed by atoms with E-state index in [4.69, 9.17) is 9.72 Å². The molecule has 0 bridgehead atoms. The van der Waals surface area contributed by atoms with Crippen LogP contribution in [-0.4, -0.2) is 57.5 Å². The van der Waals surface area contributed by atoms with Gasteiger partial charge in [-0.25, -0.2) is 13.4 Å². The van der Waals surface area contributed by atoms with E-state index in [1.807, 2.05) is 24.3 Å². The van der Waals surface area contributed by atoms with Crippen LogP contribution in [0.5, 0.6) is 5.75 Å². The predicted molar refractivity (Wildman–Crippen MR) is 157 cm³/mol. The summed E-state index contributed by atoms with van der Waals surface area (Å²) < 4.78 is 34.5. The fourth-order valence-corrected chi connectivity index (χ4v) is 5.92. The van der Waals surface area contributed by atoms with Gasteiger partial charge in [-0.3, -0.25) is 14.4 Å². The van der Waals surface area contributed by atoms with Crippen LogP contribution in [0.2, 0.25) is 0 Å². The molecule has 1 heterocycles. The highest BCUT2D eigenvalue weighted by molar-refractivity contribution is 7.92. The largest absolute Gasteiger partial charge is 0.497 e. The molecule has 202 valence electrons. The Balaban J connectivity index is 0.00000400. The summed E-state index contributed by atoms with van der Waals surface area (Å²) in [7, 11) is -2.33. The second-order valence-electron chi connectivity index (χ2n) is 8.31. The zero-order valence-corrected chi connectivity index (χ0v) is 23.9. The number of carbonyl (C=O) groups excluding carboxylic acids is 1. The first-order valence-corrected chi connectivity index (χ1v) is 14.3. The van der Waals surface area contributed by atoms with E-state index in [-0.39, 0.29) is 23.2 Å². The minimum Gasteiger partial charge on any atom is -0.497 e. The molecule has 0 fully saturated rings. The number of halogens is 1. The topological polar surface area (TPSA) is 91.8 Å². The number of rotatable bonds is 11. The van der Waals surface area contributed by atoms with Gasteiger partial charge in [-0.1, -0.05) is 43.4 Å². The average Bonchev–Trinajstić information content (AvgIpc) is 3.35. The number of para-hydroxylation sites is 1. The molecule has 0 spiro atoms. The van der Waals surface area contributed by atoms with Crippen molar-refractivity contribution in [2.75, 3.05) is 42.9 Å². The maximum Gasteiger partial charge on any atom is 0.261 e. The lowest BCUT2D eigenvalue weighted by Gasteiger charge is -2.25. The van der Waals surface area contributed by atoms with Crippen LogP contribution in [0.1, 0.15) is 24.2 Å². The Morgan fingerprint density at radius 3 is 2.34 bits per heavy atom. The molecule has 1 amide bonds. The van der Waals surface area contributed by atoms with Crippen LogP contribution in [-0.2, 0) is 10.0 Å². The number of methoxy groups -OCH3 is 1. The maximum absolute atomic E-state index is 13.8. The summed E-state index contributed by atoms with van der Waals surface area (Å²) in [6, 6.07) is 20.4. The molecule has 0 saturated carbocycles. The zero-order valence-electron chi connectivity index (χ0n) is 21.5. The Labute approximate surface area is 233 Å². The highest BCUT2D eigenvalue weighted by Gasteiger charge is 2.23. The third kappa shape index (κ3) is 6.82. The standard InChI is InChI=1S/C27H30N4O4S2.ClH/c1-4-30(5-2)17-18-31(27-28-24-11-6-7-12-25(24)36-27)26(32)20-9-8-10-21(19-20)29-37(33,34)23-15-13-22(35-3)14-16-23;/h6-16,19,29H,4-5,17-18H2,1-3H3;1H. The highest BCUT2D eigenvalue weighted by atomic mass is 35.5. The van der Waals surface area contributed by atoms with Crippen molar-refractivity contribution in [3.8, 4) is 5.75 Å². The summed E-state index contributed by atoms with van der Waals surface area (Å²) in [4.78, 5) is 22.5. The molecule has 3 aromatic carbocycles. The number of hydrogen-bond donors (Lipinski definition) is 1. The van der Waals surface area contributed by atoms with Crippen LogP contribution < -0.4 is 14.4 Å². The lowest BCUT2D eigenvalue weighted by molar-refractivity contribution is 0.0984. The van der Waals surface area contributed by atoms with Crippen LogP contribution in [0.15, 0.2) is 77.7 Å². The number of thiazole rings is 1. The first kappa shape index (κ1) is 29.4. The lowest BCUT2D eigenvalue weighted by atomic mass is 10.2. The number of nitrogens with one attached hydrogen (secondary N) is 1. The Hall–Kier alpha value is -3.18. The van der Waals surface area contributed by atoms with E-state index in [1.165, 1.54) is 30.6 Å². The van der Waals surface area contributed by atoms with Gasteiger partial charge in [-0.15, -0.1) is 12.4 Å². The van der Waals surface area contributed by atoms with E-state index < -0.39 is 10.0 Å². The van der Waals surface area contributed by atoms with Gasteiger partial charge in [0, 0.05) is 24.3 Å². The van der Waals surface area contributed by atoms with Crippen LogP contribution >= 0.6 is 23.7 Å². The van der Waals surface area contributed by atoms with Gasteiger partial charge in [0.05, 0.1) is 22.2 Å². The van der Waals surface area contributed by atoms with Gasteiger partial charge in [0.2, 0.25) is 0 Å². The Bertz CT molecular complexity index is 1440. The lowest BCUT2D eigenvalue weighted by Crippen LogP contribution is -2.38. The van der Waals surface area contributed by atoms with Gasteiger partial charge in [0.1, 0.15) is 5.75 Å². The molecular weight excluding hydrogens is 544 g/mol. The van der Waals surface area contributed by atoms with E-state index in [0.29, 0.717) is 35.2 Å². The molecule has 1 aromatic heterocycles. The molecule has 4 aromatic rings. The van der Waals surface area contributed by atoms with Crippen molar-refractivity contribution < 1.29 is 17.9 Å². The molecule has 0 aliphatic carbocycles. The number of ether oxygens (including phenoxy) is 1. The molecule has 38 heavy (non-hydrogen) atoms. The number of carbonyl (C=O) groups is 1. The van der Waals surface area contributed by atoms with Crippen molar-refractivity contribution in [1.29, 1.82) is 0 Å². The monoisotopic (exact) mass is 574 g/mol. The molecule has 1 N–H and O–H groups in total. The molecule has 11 heteroatoms.